The van der Waals surface area contributed by atoms with Crippen LogP contribution in [0.1, 0.15) is 46.6 Å². The Bertz CT molecular complexity index is 574. The number of imidazole rings is 1. The van der Waals surface area contributed by atoms with Crippen LogP contribution in [0, 0.1) is 5.92 Å². The van der Waals surface area contributed by atoms with Crippen molar-refractivity contribution in [1.82, 2.24) is 9.55 Å². The molecule has 0 radical (unpaired) electrons. The summed E-state index contributed by atoms with van der Waals surface area (Å²) in [4.78, 5) is 4.51. The first-order valence-electron chi connectivity index (χ1n) is 7.43. The molecule has 1 aromatic heterocycles. The predicted octanol–water partition coefficient (Wildman–Crippen LogP) is 4.01. The van der Waals surface area contributed by atoms with Crippen molar-refractivity contribution in [3.05, 3.63) is 18.2 Å². The van der Waals surface area contributed by atoms with E-state index in [-0.39, 0.29) is 0 Å². The monoisotopic (exact) mass is 275 g/mol. The van der Waals surface area contributed by atoms with Crippen molar-refractivity contribution < 1.29 is 4.74 Å². The minimum atomic E-state index is 0.335. The van der Waals surface area contributed by atoms with E-state index >= 15 is 0 Å². The lowest BCUT2D eigenvalue weighted by Gasteiger charge is -2.18. The third kappa shape index (κ3) is 2.89. The van der Waals surface area contributed by atoms with Crippen LogP contribution in [0.3, 0.4) is 0 Å². The molecule has 4 nitrogen and oxygen atoms in total. The number of para-hydroxylation sites is 1. The fourth-order valence-corrected chi connectivity index (χ4v) is 2.69. The SMILES string of the molecule is CCCOc1cccc2c1nc(N)n2C(C)CC(C)C. The third-order valence-corrected chi connectivity index (χ3v) is 3.43. The zero-order chi connectivity index (χ0) is 14.7. The third-order valence-electron chi connectivity index (χ3n) is 3.43. The van der Waals surface area contributed by atoms with Gasteiger partial charge in [-0.15, -0.1) is 0 Å². The zero-order valence-corrected chi connectivity index (χ0v) is 12.9. The molecule has 4 heteroatoms. The molecule has 2 rings (SSSR count). The maximum Gasteiger partial charge on any atom is 0.201 e. The second-order valence-corrected chi connectivity index (χ2v) is 5.79. The number of fused-ring (bicyclic) bond motifs is 1. The molecule has 20 heavy (non-hydrogen) atoms. The fourth-order valence-electron chi connectivity index (χ4n) is 2.69. The topological polar surface area (TPSA) is 53.1 Å². The van der Waals surface area contributed by atoms with Crippen LogP contribution in [0.15, 0.2) is 18.2 Å². The molecule has 0 bridgehead atoms. The Hall–Kier alpha value is -1.71. The Morgan fingerprint density at radius 1 is 1.30 bits per heavy atom. The van der Waals surface area contributed by atoms with Gasteiger partial charge in [0.05, 0.1) is 12.1 Å². The molecule has 0 aliphatic rings. The quantitative estimate of drug-likeness (QED) is 0.866. The van der Waals surface area contributed by atoms with Gasteiger partial charge in [0.1, 0.15) is 11.3 Å². The number of nitrogens with zero attached hydrogens (tertiary/aromatic N) is 2. The lowest BCUT2D eigenvalue weighted by molar-refractivity contribution is 0.320. The van der Waals surface area contributed by atoms with E-state index in [0.29, 0.717) is 24.5 Å². The Labute approximate surface area is 120 Å². The number of hydrogen-bond donors (Lipinski definition) is 1. The number of anilines is 1. The van der Waals surface area contributed by atoms with Gasteiger partial charge in [-0.25, -0.2) is 4.98 Å². The van der Waals surface area contributed by atoms with Gasteiger partial charge in [-0.05, 0) is 37.8 Å². The first-order valence-corrected chi connectivity index (χ1v) is 7.43. The molecule has 0 fully saturated rings. The van der Waals surface area contributed by atoms with Gasteiger partial charge in [0.25, 0.3) is 0 Å². The van der Waals surface area contributed by atoms with E-state index in [4.69, 9.17) is 10.5 Å². The molecule has 0 aliphatic carbocycles. The maximum absolute atomic E-state index is 6.12. The summed E-state index contributed by atoms with van der Waals surface area (Å²) in [5, 5.41) is 0. The van der Waals surface area contributed by atoms with E-state index < -0.39 is 0 Å². The van der Waals surface area contributed by atoms with Crippen molar-refractivity contribution >= 4 is 17.0 Å². The van der Waals surface area contributed by atoms with Gasteiger partial charge in [-0.3, -0.25) is 0 Å². The summed E-state index contributed by atoms with van der Waals surface area (Å²) in [5.41, 5.74) is 8.05. The van der Waals surface area contributed by atoms with E-state index in [0.717, 1.165) is 29.6 Å². The highest BCUT2D eigenvalue weighted by atomic mass is 16.5. The first kappa shape index (κ1) is 14.7. The Kier molecular flexibility index (Phi) is 4.53. The number of nitrogen functional groups attached to an aromatic ring is 1. The lowest BCUT2D eigenvalue weighted by Crippen LogP contribution is -2.11. The van der Waals surface area contributed by atoms with Crippen LogP contribution in [0.2, 0.25) is 0 Å². The van der Waals surface area contributed by atoms with Crippen LogP contribution in [0.5, 0.6) is 5.75 Å². The lowest BCUT2D eigenvalue weighted by atomic mass is 10.0. The predicted molar refractivity (Wildman–Crippen MR) is 84.1 cm³/mol. The van der Waals surface area contributed by atoms with Gasteiger partial charge in [0.2, 0.25) is 5.95 Å². The number of hydrogen-bond acceptors (Lipinski definition) is 3. The summed E-state index contributed by atoms with van der Waals surface area (Å²) in [7, 11) is 0. The molecular weight excluding hydrogens is 250 g/mol. The second-order valence-electron chi connectivity index (χ2n) is 5.79. The molecule has 110 valence electrons. The van der Waals surface area contributed by atoms with Crippen LogP contribution >= 0.6 is 0 Å². The highest BCUT2D eigenvalue weighted by molar-refractivity contribution is 5.84. The molecule has 1 heterocycles. The molecule has 2 N–H and O–H groups in total. The van der Waals surface area contributed by atoms with Crippen molar-refractivity contribution in [3.8, 4) is 5.75 Å². The second kappa shape index (κ2) is 6.16. The molecule has 0 saturated heterocycles. The Morgan fingerprint density at radius 2 is 2.05 bits per heavy atom. The fraction of sp³-hybridized carbons (Fsp3) is 0.562. The van der Waals surface area contributed by atoms with Crippen LogP contribution in [-0.2, 0) is 0 Å². The molecule has 1 aromatic carbocycles. The van der Waals surface area contributed by atoms with E-state index in [9.17, 15) is 0 Å². The molecule has 2 aromatic rings. The summed E-state index contributed by atoms with van der Waals surface area (Å²) in [6.07, 6.45) is 2.06. The van der Waals surface area contributed by atoms with Crippen molar-refractivity contribution in [3.63, 3.8) is 0 Å². The molecule has 1 atom stereocenters. The van der Waals surface area contributed by atoms with Crippen molar-refractivity contribution in [2.45, 2.75) is 46.6 Å². The van der Waals surface area contributed by atoms with Gasteiger partial charge in [-0.2, -0.15) is 0 Å². The van der Waals surface area contributed by atoms with Gasteiger partial charge >= 0.3 is 0 Å². The number of aromatic nitrogens is 2. The van der Waals surface area contributed by atoms with Crippen molar-refractivity contribution in [2.24, 2.45) is 5.92 Å². The van der Waals surface area contributed by atoms with Gasteiger partial charge in [0.15, 0.2) is 0 Å². The van der Waals surface area contributed by atoms with Crippen LogP contribution in [-0.4, -0.2) is 16.2 Å². The van der Waals surface area contributed by atoms with Gasteiger partial charge in [0, 0.05) is 6.04 Å². The van der Waals surface area contributed by atoms with E-state index in [1.54, 1.807) is 0 Å². The minimum Gasteiger partial charge on any atom is -0.491 e. The summed E-state index contributed by atoms with van der Waals surface area (Å²) in [6, 6.07) is 6.37. The first-order chi connectivity index (χ1) is 9.54. The van der Waals surface area contributed by atoms with Crippen molar-refractivity contribution in [1.29, 1.82) is 0 Å². The standard InChI is InChI=1S/C16H25N3O/c1-5-9-20-14-8-6-7-13-15(14)18-16(17)19(13)12(4)10-11(2)3/h6-8,11-12H,5,9-10H2,1-4H3,(H2,17,18). The molecule has 0 spiro atoms. The van der Waals surface area contributed by atoms with Crippen LogP contribution < -0.4 is 10.5 Å². The maximum atomic E-state index is 6.12. The van der Waals surface area contributed by atoms with Crippen LogP contribution in [0.4, 0.5) is 5.95 Å². The molecular formula is C16H25N3O. The number of benzene rings is 1. The molecule has 0 saturated carbocycles. The summed E-state index contributed by atoms with van der Waals surface area (Å²) in [5.74, 6) is 2.02. The average molecular weight is 275 g/mol. The average Bonchev–Trinajstić information content (AvgIpc) is 2.72. The normalized spacial score (nSPS) is 13.1. The number of rotatable bonds is 6. The Balaban J connectivity index is 2.43. The zero-order valence-electron chi connectivity index (χ0n) is 12.9. The van der Waals surface area contributed by atoms with Crippen molar-refractivity contribution in [2.75, 3.05) is 12.3 Å². The van der Waals surface area contributed by atoms with E-state index in [1.165, 1.54) is 0 Å². The summed E-state index contributed by atoms with van der Waals surface area (Å²) < 4.78 is 7.89. The summed E-state index contributed by atoms with van der Waals surface area (Å²) in [6.45, 7) is 9.44. The van der Waals surface area contributed by atoms with E-state index in [1.807, 2.05) is 12.1 Å². The molecule has 0 amide bonds. The van der Waals surface area contributed by atoms with Crippen LogP contribution in [0.25, 0.3) is 11.0 Å². The minimum absolute atomic E-state index is 0.335. The highest BCUT2D eigenvalue weighted by Gasteiger charge is 2.17. The highest BCUT2D eigenvalue weighted by Crippen LogP contribution is 2.31. The van der Waals surface area contributed by atoms with Gasteiger partial charge < -0.3 is 15.0 Å². The number of ether oxygens (including phenoxy) is 1. The molecule has 1 unspecified atom stereocenters. The Morgan fingerprint density at radius 3 is 2.70 bits per heavy atom. The largest absolute Gasteiger partial charge is 0.491 e. The molecule has 0 aliphatic heterocycles. The van der Waals surface area contributed by atoms with E-state index in [2.05, 4.69) is 43.3 Å². The number of nitrogens with two attached hydrogens (primary N) is 1. The summed E-state index contributed by atoms with van der Waals surface area (Å²) >= 11 is 0. The van der Waals surface area contributed by atoms with Gasteiger partial charge in [-0.1, -0.05) is 26.8 Å². The smallest absolute Gasteiger partial charge is 0.201 e.